The monoisotopic (exact) mass is 662 g/mol. The number of nitrogens with zero attached hydrogens (tertiary/aromatic N) is 2. The molecule has 4 aromatic rings. The van der Waals surface area contributed by atoms with Crippen molar-refractivity contribution in [3.8, 4) is 23.0 Å². The SMILES string of the molecule is CCCC(CC)(C(=O)Nc1ccc(F)cc1)C(=O)Nc1ccc(Oc2ccnc3cc(OCCCN(CC)CC)c(OC)cc23)c(F)c1. The van der Waals surface area contributed by atoms with Crippen molar-refractivity contribution in [3.63, 3.8) is 0 Å². The van der Waals surface area contributed by atoms with E-state index in [1.165, 1.54) is 36.4 Å². The fourth-order valence-corrected chi connectivity index (χ4v) is 5.57. The van der Waals surface area contributed by atoms with Crippen LogP contribution in [0.4, 0.5) is 20.2 Å². The van der Waals surface area contributed by atoms with Gasteiger partial charge in [-0.25, -0.2) is 8.78 Å². The number of amides is 2. The van der Waals surface area contributed by atoms with Crippen LogP contribution >= 0.6 is 0 Å². The molecule has 0 spiro atoms. The van der Waals surface area contributed by atoms with Gasteiger partial charge in [0, 0.05) is 41.6 Å². The highest BCUT2D eigenvalue weighted by molar-refractivity contribution is 6.14. The van der Waals surface area contributed by atoms with Crippen molar-refractivity contribution in [2.45, 2.75) is 53.4 Å². The van der Waals surface area contributed by atoms with E-state index in [4.69, 9.17) is 14.2 Å². The van der Waals surface area contributed by atoms with Crippen LogP contribution in [-0.2, 0) is 9.59 Å². The molecule has 2 N–H and O–H groups in total. The Bertz CT molecular complexity index is 1700. The summed E-state index contributed by atoms with van der Waals surface area (Å²) in [5.74, 6) is -0.917. The summed E-state index contributed by atoms with van der Waals surface area (Å²) in [4.78, 5) is 33.8. The lowest BCUT2D eigenvalue weighted by Crippen LogP contribution is -2.46. The van der Waals surface area contributed by atoms with Crippen LogP contribution in [-0.4, -0.2) is 55.0 Å². The lowest BCUT2D eigenvalue weighted by atomic mass is 9.78. The summed E-state index contributed by atoms with van der Waals surface area (Å²) in [7, 11) is 1.55. The molecule has 0 aliphatic carbocycles. The van der Waals surface area contributed by atoms with E-state index in [-0.39, 0.29) is 24.3 Å². The standard InChI is InChI=1S/C37H44F2N4O5/c1-6-18-37(7-2,35(44)41-26-13-11-25(38)12-14-26)36(45)42-27-15-16-32(29(39)22-27)48-31-17-19-40-30-24-34(33(46-5)23-28(30)31)47-21-10-20-43(8-3)9-4/h11-17,19,22-24H,6-10,18,20-21H2,1-5H3,(H,41,44)(H,42,45). The number of hydrogen-bond donors (Lipinski definition) is 2. The lowest BCUT2D eigenvalue weighted by molar-refractivity contribution is -0.138. The molecule has 0 saturated heterocycles. The first-order valence-electron chi connectivity index (χ1n) is 16.4. The number of anilines is 2. The minimum atomic E-state index is -1.43. The number of pyridine rings is 1. The van der Waals surface area contributed by atoms with Gasteiger partial charge in [0.2, 0.25) is 11.8 Å². The zero-order valence-electron chi connectivity index (χ0n) is 28.2. The quantitative estimate of drug-likeness (QED) is 0.0868. The van der Waals surface area contributed by atoms with Gasteiger partial charge >= 0.3 is 0 Å². The highest BCUT2D eigenvalue weighted by Crippen LogP contribution is 2.38. The van der Waals surface area contributed by atoms with Crippen LogP contribution in [0.15, 0.2) is 66.9 Å². The number of carbonyl (C=O) groups is 2. The van der Waals surface area contributed by atoms with Gasteiger partial charge < -0.3 is 29.7 Å². The van der Waals surface area contributed by atoms with Crippen LogP contribution in [0, 0.1) is 17.0 Å². The van der Waals surface area contributed by atoms with Gasteiger partial charge in [-0.3, -0.25) is 14.6 Å². The van der Waals surface area contributed by atoms with Crippen molar-refractivity contribution < 1.29 is 32.6 Å². The number of rotatable bonds is 17. The Morgan fingerprint density at radius 2 is 1.52 bits per heavy atom. The Morgan fingerprint density at radius 1 is 0.833 bits per heavy atom. The van der Waals surface area contributed by atoms with Gasteiger partial charge in [-0.2, -0.15) is 0 Å². The number of ether oxygens (including phenoxy) is 3. The second-order valence-electron chi connectivity index (χ2n) is 11.4. The summed E-state index contributed by atoms with van der Waals surface area (Å²) in [5, 5.41) is 6.03. The fourth-order valence-electron chi connectivity index (χ4n) is 5.57. The van der Waals surface area contributed by atoms with Gasteiger partial charge in [-0.15, -0.1) is 0 Å². The minimum absolute atomic E-state index is 0.0689. The fraction of sp³-hybridized carbons (Fsp3) is 0.378. The van der Waals surface area contributed by atoms with E-state index in [0.29, 0.717) is 46.9 Å². The van der Waals surface area contributed by atoms with Crippen molar-refractivity contribution in [1.29, 1.82) is 0 Å². The van der Waals surface area contributed by atoms with Gasteiger partial charge in [0.1, 0.15) is 17.0 Å². The molecule has 1 heterocycles. The third-order valence-electron chi connectivity index (χ3n) is 8.42. The van der Waals surface area contributed by atoms with E-state index >= 15 is 4.39 Å². The summed E-state index contributed by atoms with van der Waals surface area (Å²) >= 11 is 0. The Kier molecular flexibility index (Phi) is 12.7. The molecule has 1 unspecified atom stereocenters. The Morgan fingerprint density at radius 3 is 2.15 bits per heavy atom. The summed E-state index contributed by atoms with van der Waals surface area (Å²) < 4.78 is 46.4. The van der Waals surface area contributed by atoms with Gasteiger partial charge in [-0.05, 0) is 80.9 Å². The first-order valence-corrected chi connectivity index (χ1v) is 16.4. The molecule has 9 nitrogen and oxygen atoms in total. The Hall–Kier alpha value is -4.77. The van der Waals surface area contributed by atoms with Crippen LogP contribution in [0.3, 0.4) is 0 Å². The zero-order valence-corrected chi connectivity index (χ0v) is 28.2. The van der Waals surface area contributed by atoms with Gasteiger partial charge in [-0.1, -0.05) is 34.1 Å². The maximum atomic E-state index is 15.4. The average Bonchev–Trinajstić information content (AvgIpc) is 3.09. The normalized spacial score (nSPS) is 12.4. The molecule has 0 fully saturated rings. The summed E-state index contributed by atoms with van der Waals surface area (Å²) in [5.41, 5.74) is -0.316. The second kappa shape index (κ2) is 16.9. The minimum Gasteiger partial charge on any atom is -0.493 e. The van der Waals surface area contributed by atoms with E-state index in [0.717, 1.165) is 32.1 Å². The number of benzene rings is 3. The third kappa shape index (κ3) is 8.57. The molecule has 0 aliphatic rings. The van der Waals surface area contributed by atoms with Crippen molar-refractivity contribution in [3.05, 3.63) is 78.5 Å². The largest absolute Gasteiger partial charge is 0.493 e. The number of hydrogen-bond acceptors (Lipinski definition) is 7. The lowest BCUT2D eigenvalue weighted by Gasteiger charge is -2.30. The van der Waals surface area contributed by atoms with Crippen LogP contribution in [0.1, 0.15) is 53.4 Å². The number of fused-ring (bicyclic) bond motifs is 1. The predicted molar refractivity (Wildman–Crippen MR) is 184 cm³/mol. The molecule has 256 valence electrons. The highest BCUT2D eigenvalue weighted by Gasteiger charge is 2.43. The number of aromatic nitrogens is 1. The number of nitrogens with one attached hydrogen (secondary N) is 2. The van der Waals surface area contributed by atoms with E-state index in [2.05, 4.69) is 34.4 Å². The molecular formula is C37H44F2N4O5. The van der Waals surface area contributed by atoms with E-state index in [1.54, 1.807) is 38.4 Å². The number of methoxy groups -OCH3 is 1. The number of carbonyl (C=O) groups excluding carboxylic acids is 2. The molecule has 48 heavy (non-hydrogen) atoms. The summed E-state index contributed by atoms with van der Waals surface area (Å²) in [6.07, 6.45) is 3.43. The zero-order chi connectivity index (χ0) is 34.7. The maximum absolute atomic E-state index is 15.4. The van der Waals surface area contributed by atoms with Crippen LogP contribution in [0.2, 0.25) is 0 Å². The molecule has 0 radical (unpaired) electrons. The summed E-state index contributed by atoms with van der Waals surface area (Å²) in [6.45, 7) is 11.3. The molecular weight excluding hydrogens is 618 g/mol. The molecule has 4 rings (SSSR count). The smallest absolute Gasteiger partial charge is 0.240 e. The maximum Gasteiger partial charge on any atom is 0.240 e. The molecule has 0 aliphatic heterocycles. The van der Waals surface area contributed by atoms with Crippen molar-refractivity contribution in [2.75, 3.05) is 44.0 Å². The molecule has 0 saturated carbocycles. The van der Waals surface area contributed by atoms with E-state index in [1.807, 2.05) is 6.92 Å². The molecule has 0 bridgehead atoms. The van der Waals surface area contributed by atoms with Crippen LogP contribution in [0.25, 0.3) is 10.9 Å². The van der Waals surface area contributed by atoms with E-state index in [9.17, 15) is 14.0 Å². The van der Waals surface area contributed by atoms with Crippen molar-refractivity contribution >= 4 is 34.1 Å². The van der Waals surface area contributed by atoms with Crippen molar-refractivity contribution in [2.24, 2.45) is 5.41 Å². The second-order valence-corrected chi connectivity index (χ2v) is 11.4. The molecule has 1 aromatic heterocycles. The Labute approximate surface area is 280 Å². The van der Waals surface area contributed by atoms with Gasteiger partial charge in [0.25, 0.3) is 0 Å². The highest BCUT2D eigenvalue weighted by atomic mass is 19.1. The number of halogens is 2. The van der Waals surface area contributed by atoms with E-state index < -0.39 is 28.9 Å². The molecule has 11 heteroatoms. The molecule has 2 amide bonds. The molecule has 3 aromatic carbocycles. The Balaban J connectivity index is 1.50. The summed E-state index contributed by atoms with van der Waals surface area (Å²) in [6, 6.07) is 14.5. The van der Waals surface area contributed by atoms with Crippen LogP contribution in [0.5, 0.6) is 23.0 Å². The first-order chi connectivity index (χ1) is 23.2. The van der Waals surface area contributed by atoms with Crippen molar-refractivity contribution in [1.82, 2.24) is 9.88 Å². The first kappa shape index (κ1) is 36.1. The average molecular weight is 663 g/mol. The molecule has 1 atom stereocenters. The predicted octanol–water partition coefficient (Wildman–Crippen LogP) is 8.20. The topological polar surface area (TPSA) is 102 Å². The third-order valence-corrected chi connectivity index (χ3v) is 8.42. The van der Waals surface area contributed by atoms with Gasteiger partial charge in [0.05, 0.1) is 19.2 Å². The van der Waals surface area contributed by atoms with Gasteiger partial charge in [0.15, 0.2) is 23.1 Å². The van der Waals surface area contributed by atoms with Crippen LogP contribution < -0.4 is 24.8 Å².